The fraction of sp³-hybridized carbons (Fsp3) is 0.0526. The average Bonchev–Trinajstić information content (AvgIpc) is 2.98. The van der Waals surface area contributed by atoms with Gasteiger partial charge in [0.05, 0.1) is 0 Å². The molecule has 6 aromatic carbocycles. The Morgan fingerprint density at radius 1 is 0.211 bits per heavy atom. The van der Waals surface area contributed by atoms with E-state index in [4.69, 9.17) is 0 Å². The van der Waals surface area contributed by atoms with Gasteiger partial charge < -0.3 is 0 Å². The van der Waals surface area contributed by atoms with Crippen molar-refractivity contribution < 1.29 is 0 Å². The van der Waals surface area contributed by atoms with Gasteiger partial charge in [0.25, 0.3) is 0 Å². The first-order chi connectivity index (χ1) is 18.7. The van der Waals surface area contributed by atoms with Gasteiger partial charge in [0.15, 0.2) is 0 Å². The van der Waals surface area contributed by atoms with E-state index in [1.54, 1.807) is 0 Å². The summed E-state index contributed by atoms with van der Waals surface area (Å²) in [6.45, 7) is 4.38. The number of hydrogen-bond donors (Lipinski definition) is 0. The van der Waals surface area contributed by atoms with Crippen LogP contribution in [0.2, 0.25) is 0 Å². The van der Waals surface area contributed by atoms with Crippen LogP contribution >= 0.6 is 0 Å². The van der Waals surface area contributed by atoms with E-state index in [1.165, 1.54) is 66.8 Å². The molecule has 0 aromatic heterocycles. The largest absolute Gasteiger partial charge is 0.0620 e. The Morgan fingerprint density at radius 3 is 0.579 bits per heavy atom. The van der Waals surface area contributed by atoms with Crippen molar-refractivity contribution in [1.82, 2.24) is 0 Å². The van der Waals surface area contributed by atoms with E-state index in [0.717, 1.165) is 0 Å². The Kier molecular flexibility index (Phi) is 6.46. The van der Waals surface area contributed by atoms with Crippen LogP contribution in [0.3, 0.4) is 0 Å². The minimum absolute atomic E-state index is 1.24. The highest BCUT2D eigenvalue weighted by Crippen LogP contribution is 2.43. The molecule has 0 spiro atoms. The molecule has 0 N–H and O–H groups in total. The van der Waals surface area contributed by atoms with Gasteiger partial charge in [0, 0.05) is 0 Å². The van der Waals surface area contributed by atoms with Crippen LogP contribution in [0.5, 0.6) is 0 Å². The SMILES string of the molecule is Cc1ccccc1-c1ccccc1-c1ccccc1-c1ccccc1-c1ccccc1-c1ccccc1C. The maximum Gasteiger partial charge on any atom is -0.00990 e. The zero-order valence-corrected chi connectivity index (χ0v) is 21.9. The predicted octanol–water partition coefficient (Wildman–Crippen LogP) is 10.6. The van der Waals surface area contributed by atoms with Gasteiger partial charge in [-0.05, 0) is 80.6 Å². The van der Waals surface area contributed by atoms with Gasteiger partial charge in [-0.2, -0.15) is 0 Å². The fourth-order valence-corrected chi connectivity index (χ4v) is 5.56. The smallest absolute Gasteiger partial charge is 0.00990 e. The molecule has 0 aliphatic rings. The molecule has 182 valence electrons. The first kappa shape index (κ1) is 23.7. The molecule has 0 heterocycles. The molecule has 6 rings (SSSR count). The lowest BCUT2D eigenvalue weighted by Crippen LogP contribution is -1.93. The summed E-state index contributed by atoms with van der Waals surface area (Å²) >= 11 is 0. The van der Waals surface area contributed by atoms with Crippen LogP contribution in [0.25, 0.3) is 55.6 Å². The molecule has 0 atom stereocenters. The number of rotatable bonds is 5. The molecule has 0 heteroatoms. The highest BCUT2D eigenvalue weighted by molar-refractivity contribution is 5.98. The van der Waals surface area contributed by atoms with Crippen molar-refractivity contribution in [1.29, 1.82) is 0 Å². The molecular weight excluding hydrogens is 456 g/mol. The van der Waals surface area contributed by atoms with E-state index in [-0.39, 0.29) is 0 Å². The van der Waals surface area contributed by atoms with Gasteiger partial charge in [0.2, 0.25) is 0 Å². The van der Waals surface area contributed by atoms with E-state index < -0.39 is 0 Å². The van der Waals surface area contributed by atoms with Gasteiger partial charge in [-0.15, -0.1) is 0 Å². The molecule has 0 bridgehead atoms. The minimum Gasteiger partial charge on any atom is -0.0620 e. The van der Waals surface area contributed by atoms with Crippen LogP contribution in [-0.2, 0) is 0 Å². The van der Waals surface area contributed by atoms with Crippen LogP contribution in [0.1, 0.15) is 11.1 Å². The van der Waals surface area contributed by atoms with E-state index in [2.05, 4.69) is 159 Å². The number of hydrogen-bond acceptors (Lipinski definition) is 0. The first-order valence-corrected chi connectivity index (χ1v) is 13.2. The van der Waals surface area contributed by atoms with E-state index >= 15 is 0 Å². The average molecular weight is 487 g/mol. The lowest BCUT2D eigenvalue weighted by molar-refractivity contribution is 1.45. The molecule has 0 saturated heterocycles. The molecule has 0 amide bonds. The monoisotopic (exact) mass is 486 g/mol. The molecular formula is C38H30. The first-order valence-electron chi connectivity index (χ1n) is 13.2. The van der Waals surface area contributed by atoms with Crippen molar-refractivity contribution >= 4 is 0 Å². The van der Waals surface area contributed by atoms with Crippen LogP contribution in [-0.4, -0.2) is 0 Å². The zero-order valence-electron chi connectivity index (χ0n) is 21.9. The summed E-state index contributed by atoms with van der Waals surface area (Å²) in [5.74, 6) is 0. The third-order valence-electron chi connectivity index (χ3n) is 7.45. The van der Waals surface area contributed by atoms with Gasteiger partial charge in [-0.3, -0.25) is 0 Å². The van der Waals surface area contributed by atoms with Crippen molar-refractivity contribution in [3.63, 3.8) is 0 Å². The van der Waals surface area contributed by atoms with Gasteiger partial charge in [-0.25, -0.2) is 0 Å². The molecule has 38 heavy (non-hydrogen) atoms. The topological polar surface area (TPSA) is 0 Å². The van der Waals surface area contributed by atoms with Crippen molar-refractivity contribution in [2.45, 2.75) is 13.8 Å². The minimum atomic E-state index is 1.24. The van der Waals surface area contributed by atoms with Gasteiger partial charge >= 0.3 is 0 Å². The highest BCUT2D eigenvalue weighted by atomic mass is 14.2. The molecule has 0 aliphatic heterocycles. The summed E-state index contributed by atoms with van der Waals surface area (Å²) in [5, 5.41) is 0. The summed E-state index contributed by atoms with van der Waals surface area (Å²) < 4.78 is 0. The summed E-state index contributed by atoms with van der Waals surface area (Å²) in [6, 6.07) is 52.5. The van der Waals surface area contributed by atoms with Crippen molar-refractivity contribution in [2.75, 3.05) is 0 Å². The summed E-state index contributed by atoms with van der Waals surface area (Å²) in [6.07, 6.45) is 0. The third-order valence-corrected chi connectivity index (χ3v) is 7.45. The van der Waals surface area contributed by atoms with Crippen LogP contribution in [0, 0.1) is 13.8 Å². The fourth-order valence-electron chi connectivity index (χ4n) is 5.56. The van der Waals surface area contributed by atoms with Gasteiger partial charge in [0.1, 0.15) is 0 Å². The Labute approximate surface area is 225 Å². The summed E-state index contributed by atoms with van der Waals surface area (Å²) in [4.78, 5) is 0. The molecule has 0 radical (unpaired) electrons. The number of benzene rings is 6. The Balaban J connectivity index is 1.57. The van der Waals surface area contributed by atoms with Crippen LogP contribution in [0.15, 0.2) is 146 Å². The lowest BCUT2D eigenvalue weighted by atomic mass is 9.84. The standard InChI is InChI=1S/C38H30/c1-27-15-3-5-17-29(27)31-19-7-9-21-33(31)35-23-11-13-25-37(35)38-26-14-12-24-36(38)34-22-10-8-20-32(34)30-18-6-4-16-28(30)2/h3-26H,1-2H3. The quantitative estimate of drug-likeness (QED) is 0.227. The highest BCUT2D eigenvalue weighted by Gasteiger charge is 2.17. The molecule has 0 aliphatic carbocycles. The zero-order chi connectivity index (χ0) is 25.9. The lowest BCUT2D eigenvalue weighted by Gasteiger charge is -2.19. The second-order valence-corrected chi connectivity index (χ2v) is 9.81. The predicted molar refractivity (Wildman–Crippen MR) is 163 cm³/mol. The van der Waals surface area contributed by atoms with Crippen molar-refractivity contribution in [2.24, 2.45) is 0 Å². The molecule has 6 aromatic rings. The van der Waals surface area contributed by atoms with Gasteiger partial charge in [-0.1, -0.05) is 146 Å². The van der Waals surface area contributed by atoms with E-state index in [9.17, 15) is 0 Å². The summed E-state index contributed by atoms with van der Waals surface area (Å²) in [5.41, 5.74) is 15.1. The van der Waals surface area contributed by atoms with Crippen molar-refractivity contribution in [3.8, 4) is 55.6 Å². The Bertz CT molecular complexity index is 1610. The third kappa shape index (κ3) is 4.35. The molecule has 0 nitrogen and oxygen atoms in total. The van der Waals surface area contributed by atoms with E-state index in [0.29, 0.717) is 0 Å². The number of aryl methyl sites for hydroxylation is 2. The van der Waals surface area contributed by atoms with Crippen LogP contribution < -0.4 is 0 Å². The normalized spacial score (nSPS) is 10.9. The Hall–Kier alpha value is -4.68. The maximum absolute atomic E-state index is 2.26. The van der Waals surface area contributed by atoms with Crippen LogP contribution in [0.4, 0.5) is 0 Å². The molecule has 0 unspecified atom stereocenters. The molecule has 0 fully saturated rings. The van der Waals surface area contributed by atoms with E-state index in [1.807, 2.05) is 0 Å². The second kappa shape index (κ2) is 10.4. The van der Waals surface area contributed by atoms with Crippen molar-refractivity contribution in [3.05, 3.63) is 157 Å². The maximum atomic E-state index is 2.26. The second-order valence-electron chi connectivity index (χ2n) is 9.81. The Morgan fingerprint density at radius 2 is 0.368 bits per heavy atom. The molecule has 0 saturated carbocycles. The summed E-state index contributed by atoms with van der Waals surface area (Å²) in [7, 11) is 0.